The van der Waals surface area contributed by atoms with E-state index in [1.54, 1.807) is 0 Å². The first kappa shape index (κ1) is 12.4. The van der Waals surface area contributed by atoms with Crippen LogP contribution in [-0.4, -0.2) is 30.0 Å². The summed E-state index contributed by atoms with van der Waals surface area (Å²) >= 11 is 0. The fraction of sp³-hybridized carbons (Fsp3) is 0.438. The van der Waals surface area contributed by atoms with Crippen LogP contribution in [0.5, 0.6) is 0 Å². The van der Waals surface area contributed by atoms with Crippen LogP contribution in [0, 0.1) is 6.92 Å². The van der Waals surface area contributed by atoms with Crippen LogP contribution in [0.15, 0.2) is 29.1 Å². The van der Waals surface area contributed by atoms with E-state index in [0.29, 0.717) is 5.92 Å². The number of piperidine rings is 1. The highest BCUT2D eigenvalue weighted by atomic mass is 16.1. The van der Waals surface area contributed by atoms with Crippen LogP contribution in [0.3, 0.4) is 0 Å². The first-order valence-corrected chi connectivity index (χ1v) is 6.95. The van der Waals surface area contributed by atoms with Gasteiger partial charge in [0.15, 0.2) is 0 Å². The van der Waals surface area contributed by atoms with E-state index in [4.69, 9.17) is 0 Å². The third kappa shape index (κ3) is 2.43. The third-order valence-corrected chi connectivity index (χ3v) is 4.18. The van der Waals surface area contributed by atoms with E-state index in [1.807, 2.05) is 12.1 Å². The molecule has 3 rings (SSSR count). The molecule has 0 atom stereocenters. The molecule has 2 aromatic rings. The van der Waals surface area contributed by atoms with Crippen LogP contribution in [0.1, 0.15) is 30.0 Å². The lowest BCUT2D eigenvalue weighted by Gasteiger charge is -2.28. The van der Waals surface area contributed by atoms with Crippen molar-refractivity contribution in [1.82, 2.24) is 9.88 Å². The number of fused-ring (bicyclic) bond motifs is 1. The van der Waals surface area contributed by atoms with Gasteiger partial charge in [-0.3, -0.25) is 4.79 Å². The van der Waals surface area contributed by atoms with E-state index < -0.39 is 0 Å². The van der Waals surface area contributed by atoms with Crippen LogP contribution in [0.25, 0.3) is 10.8 Å². The minimum Gasteiger partial charge on any atom is -0.325 e. The number of hydrogen-bond donors (Lipinski definition) is 1. The first-order chi connectivity index (χ1) is 9.13. The summed E-state index contributed by atoms with van der Waals surface area (Å²) in [4.78, 5) is 17.6. The molecule has 1 aliphatic heterocycles. The number of nitrogens with one attached hydrogen (secondary N) is 1. The maximum absolute atomic E-state index is 12.2. The zero-order valence-electron chi connectivity index (χ0n) is 11.6. The number of aromatic amines is 1. The summed E-state index contributed by atoms with van der Waals surface area (Å²) in [6.07, 6.45) is 2.26. The number of nitrogens with zero attached hydrogens (tertiary/aromatic N) is 1. The minimum absolute atomic E-state index is 0.0476. The van der Waals surface area contributed by atoms with Crippen molar-refractivity contribution in [3.8, 4) is 0 Å². The molecule has 0 amide bonds. The molecule has 0 saturated carbocycles. The fourth-order valence-electron chi connectivity index (χ4n) is 2.95. The summed E-state index contributed by atoms with van der Waals surface area (Å²) in [5.41, 5.74) is 2.36. The number of rotatable bonds is 1. The van der Waals surface area contributed by atoms with Crippen molar-refractivity contribution in [2.24, 2.45) is 0 Å². The second-order valence-electron chi connectivity index (χ2n) is 5.72. The summed E-state index contributed by atoms with van der Waals surface area (Å²) in [7, 11) is 2.16. The smallest absolute Gasteiger partial charge is 0.256 e. The molecule has 3 heteroatoms. The number of likely N-dealkylation sites (tertiary alicyclic amines) is 1. The monoisotopic (exact) mass is 256 g/mol. The van der Waals surface area contributed by atoms with Gasteiger partial charge in [-0.25, -0.2) is 0 Å². The Bertz CT molecular complexity index is 651. The quantitative estimate of drug-likeness (QED) is 0.851. The van der Waals surface area contributed by atoms with E-state index in [1.165, 1.54) is 5.56 Å². The fourth-order valence-corrected chi connectivity index (χ4v) is 2.95. The van der Waals surface area contributed by atoms with Crippen molar-refractivity contribution in [2.75, 3.05) is 20.1 Å². The lowest BCUT2D eigenvalue weighted by Crippen LogP contribution is -2.30. The molecule has 1 aromatic heterocycles. The Kier molecular flexibility index (Phi) is 3.15. The van der Waals surface area contributed by atoms with E-state index in [9.17, 15) is 4.79 Å². The van der Waals surface area contributed by atoms with Gasteiger partial charge >= 0.3 is 0 Å². The van der Waals surface area contributed by atoms with Gasteiger partial charge < -0.3 is 9.88 Å². The van der Waals surface area contributed by atoms with Gasteiger partial charge in [0.2, 0.25) is 0 Å². The molecule has 1 fully saturated rings. The number of benzene rings is 1. The van der Waals surface area contributed by atoms with Crippen molar-refractivity contribution >= 4 is 10.8 Å². The summed E-state index contributed by atoms with van der Waals surface area (Å²) in [5.74, 6) is 0.494. The van der Waals surface area contributed by atoms with E-state index >= 15 is 0 Å². The van der Waals surface area contributed by atoms with Crippen LogP contribution in [0.2, 0.25) is 0 Å². The Labute approximate surface area is 113 Å². The first-order valence-electron chi connectivity index (χ1n) is 6.95. The van der Waals surface area contributed by atoms with Crippen molar-refractivity contribution in [2.45, 2.75) is 25.7 Å². The highest BCUT2D eigenvalue weighted by molar-refractivity contribution is 5.82. The Morgan fingerprint density at radius 2 is 1.95 bits per heavy atom. The summed E-state index contributed by atoms with van der Waals surface area (Å²) in [5, 5.41) is 1.86. The van der Waals surface area contributed by atoms with Gasteiger partial charge in [0.05, 0.1) is 0 Å². The van der Waals surface area contributed by atoms with Gasteiger partial charge in [0, 0.05) is 17.0 Å². The van der Waals surface area contributed by atoms with Crippen LogP contribution >= 0.6 is 0 Å². The number of pyridine rings is 1. The zero-order valence-corrected chi connectivity index (χ0v) is 11.6. The molecule has 19 heavy (non-hydrogen) atoms. The predicted molar refractivity (Wildman–Crippen MR) is 78.8 cm³/mol. The summed E-state index contributed by atoms with van der Waals surface area (Å²) in [6, 6.07) is 8.18. The Balaban J connectivity index is 2.03. The average Bonchev–Trinajstić information content (AvgIpc) is 2.38. The van der Waals surface area contributed by atoms with Gasteiger partial charge in [-0.2, -0.15) is 0 Å². The molecule has 1 aromatic carbocycles. The van der Waals surface area contributed by atoms with E-state index in [2.05, 4.69) is 36.0 Å². The molecule has 1 saturated heterocycles. The number of H-pyrrole nitrogens is 1. The van der Waals surface area contributed by atoms with Crippen molar-refractivity contribution in [1.29, 1.82) is 0 Å². The molecule has 0 aliphatic carbocycles. The van der Waals surface area contributed by atoms with E-state index in [-0.39, 0.29) is 5.56 Å². The van der Waals surface area contributed by atoms with Crippen LogP contribution in [0.4, 0.5) is 0 Å². The highest BCUT2D eigenvalue weighted by Crippen LogP contribution is 2.27. The molecule has 1 aliphatic rings. The molecule has 1 N–H and O–H groups in total. The molecular weight excluding hydrogens is 236 g/mol. The van der Waals surface area contributed by atoms with Gasteiger partial charge in [-0.1, -0.05) is 17.7 Å². The lowest BCUT2D eigenvalue weighted by atomic mass is 9.92. The Morgan fingerprint density at radius 3 is 2.68 bits per heavy atom. The largest absolute Gasteiger partial charge is 0.325 e. The SMILES string of the molecule is Cc1ccc2c(=O)[nH]c(C3CCN(C)CC3)cc2c1. The highest BCUT2D eigenvalue weighted by Gasteiger charge is 2.19. The molecule has 0 bridgehead atoms. The van der Waals surface area contributed by atoms with E-state index in [0.717, 1.165) is 42.4 Å². The maximum atomic E-state index is 12.2. The van der Waals surface area contributed by atoms with Crippen molar-refractivity contribution in [3.05, 3.63) is 45.9 Å². The lowest BCUT2D eigenvalue weighted by molar-refractivity contribution is 0.253. The Hall–Kier alpha value is -1.61. The van der Waals surface area contributed by atoms with Crippen molar-refractivity contribution < 1.29 is 0 Å². The summed E-state index contributed by atoms with van der Waals surface area (Å²) < 4.78 is 0. The second kappa shape index (κ2) is 4.82. The number of hydrogen-bond acceptors (Lipinski definition) is 2. The zero-order chi connectivity index (χ0) is 13.4. The molecular formula is C16H20N2O. The standard InChI is InChI=1S/C16H20N2O/c1-11-3-4-14-13(9-11)10-15(17-16(14)19)12-5-7-18(2)8-6-12/h3-4,9-10,12H,5-8H2,1-2H3,(H,17,19). The molecule has 3 nitrogen and oxygen atoms in total. The topological polar surface area (TPSA) is 36.1 Å². The van der Waals surface area contributed by atoms with Gasteiger partial charge in [0.1, 0.15) is 0 Å². The normalized spacial score (nSPS) is 18.0. The second-order valence-corrected chi connectivity index (χ2v) is 5.72. The summed E-state index contributed by atoms with van der Waals surface area (Å²) in [6.45, 7) is 4.28. The molecule has 0 spiro atoms. The van der Waals surface area contributed by atoms with Crippen LogP contribution in [-0.2, 0) is 0 Å². The Morgan fingerprint density at radius 1 is 1.21 bits per heavy atom. The molecule has 0 radical (unpaired) electrons. The van der Waals surface area contributed by atoms with Gasteiger partial charge in [0.25, 0.3) is 5.56 Å². The molecule has 100 valence electrons. The predicted octanol–water partition coefficient (Wildman–Crippen LogP) is 2.65. The third-order valence-electron chi connectivity index (χ3n) is 4.18. The molecule has 2 heterocycles. The molecule has 0 unspecified atom stereocenters. The number of aryl methyl sites for hydroxylation is 1. The van der Waals surface area contributed by atoms with Gasteiger partial charge in [-0.05, 0) is 57.4 Å². The maximum Gasteiger partial charge on any atom is 0.256 e. The average molecular weight is 256 g/mol. The van der Waals surface area contributed by atoms with Crippen LogP contribution < -0.4 is 5.56 Å². The van der Waals surface area contributed by atoms with Gasteiger partial charge in [-0.15, -0.1) is 0 Å². The van der Waals surface area contributed by atoms with Crippen molar-refractivity contribution in [3.63, 3.8) is 0 Å². The minimum atomic E-state index is 0.0476. The number of aromatic nitrogens is 1.